The molecule has 0 N–H and O–H groups in total. The van der Waals surface area contributed by atoms with Crippen LogP contribution in [0.15, 0.2) is 36.5 Å². The standard InChI is InChI=1S/C14H9ClN2O3/c1-20-11-7-8(4-5-10(11)15)17-13(18)9-3-2-6-16-12(9)14(17)19/h2-7H,1H3. The van der Waals surface area contributed by atoms with Crippen LogP contribution < -0.4 is 9.64 Å². The number of fused-ring (bicyclic) bond motifs is 1. The van der Waals surface area contributed by atoms with Crippen molar-refractivity contribution in [2.24, 2.45) is 0 Å². The van der Waals surface area contributed by atoms with Gasteiger partial charge in [-0.25, -0.2) is 4.90 Å². The van der Waals surface area contributed by atoms with Crippen molar-refractivity contribution < 1.29 is 14.3 Å². The predicted molar refractivity (Wildman–Crippen MR) is 73.4 cm³/mol. The summed E-state index contributed by atoms with van der Waals surface area (Å²) in [6, 6.07) is 7.91. The Morgan fingerprint density at radius 1 is 1.20 bits per heavy atom. The molecule has 1 aromatic heterocycles. The van der Waals surface area contributed by atoms with Gasteiger partial charge in [-0.1, -0.05) is 11.6 Å². The highest BCUT2D eigenvalue weighted by atomic mass is 35.5. The second kappa shape index (κ2) is 4.61. The number of imide groups is 1. The van der Waals surface area contributed by atoms with E-state index < -0.39 is 11.8 Å². The third kappa shape index (κ3) is 1.75. The summed E-state index contributed by atoms with van der Waals surface area (Å²) < 4.78 is 5.10. The first-order chi connectivity index (χ1) is 9.63. The molecule has 1 aliphatic rings. The van der Waals surface area contributed by atoms with Gasteiger partial charge in [-0.05, 0) is 24.3 Å². The van der Waals surface area contributed by atoms with Crippen LogP contribution in [0.2, 0.25) is 5.02 Å². The molecule has 2 heterocycles. The fourth-order valence-corrected chi connectivity index (χ4v) is 2.28. The van der Waals surface area contributed by atoms with E-state index in [4.69, 9.17) is 16.3 Å². The van der Waals surface area contributed by atoms with E-state index >= 15 is 0 Å². The summed E-state index contributed by atoms with van der Waals surface area (Å²) in [5, 5.41) is 0.408. The summed E-state index contributed by atoms with van der Waals surface area (Å²) in [6.07, 6.45) is 1.48. The van der Waals surface area contributed by atoms with Crippen LogP contribution in [0.25, 0.3) is 0 Å². The number of carbonyl (C=O) groups is 2. The lowest BCUT2D eigenvalue weighted by molar-refractivity contribution is 0.0924. The summed E-state index contributed by atoms with van der Waals surface area (Å²) in [7, 11) is 1.47. The second-order valence-corrected chi connectivity index (χ2v) is 4.57. The maximum absolute atomic E-state index is 12.3. The third-order valence-electron chi connectivity index (χ3n) is 3.04. The predicted octanol–water partition coefficient (Wildman–Crippen LogP) is 2.54. The molecule has 0 unspecified atom stereocenters. The number of anilines is 1. The van der Waals surface area contributed by atoms with Crippen molar-refractivity contribution in [3.8, 4) is 5.75 Å². The summed E-state index contributed by atoms with van der Waals surface area (Å²) in [5.74, 6) is -0.453. The molecule has 1 aromatic carbocycles. The number of pyridine rings is 1. The van der Waals surface area contributed by atoms with E-state index in [9.17, 15) is 9.59 Å². The molecule has 2 amide bonds. The number of hydrogen-bond acceptors (Lipinski definition) is 4. The van der Waals surface area contributed by atoms with Gasteiger partial charge in [0.05, 0.1) is 23.4 Å². The zero-order valence-corrected chi connectivity index (χ0v) is 11.2. The second-order valence-electron chi connectivity index (χ2n) is 4.16. The van der Waals surface area contributed by atoms with Gasteiger partial charge in [0.15, 0.2) is 0 Å². The molecule has 20 heavy (non-hydrogen) atoms. The highest BCUT2D eigenvalue weighted by molar-refractivity contribution is 6.34. The summed E-state index contributed by atoms with van der Waals surface area (Å²) in [6.45, 7) is 0. The van der Waals surface area contributed by atoms with E-state index in [1.54, 1.807) is 30.3 Å². The number of nitrogens with zero attached hydrogens (tertiary/aromatic N) is 2. The number of aromatic nitrogens is 1. The minimum absolute atomic E-state index is 0.159. The largest absolute Gasteiger partial charge is 0.495 e. The first-order valence-corrected chi connectivity index (χ1v) is 6.18. The van der Waals surface area contributed by atoms with Gasteiger partial charge >= 0.3 is 0 Å². The number of amides is 2. The van der Waals surface area contributed by atoms with Crippen LogP contribution in [-0.2, 0) is 0 Å². The highest BCUT2D eigenvalue weighted by Crippen LogP contribution is 2.33. The van der Waals surface area contributed by atoms with Gasteiger partial charge in [-0.15, -0.1) is 0 Å². The Morgan fingerprint density at radius 3 is 2.70 bits per heavy atom. The Balaban J connectivity index is 2.09. The number of carbonyl (C=O) groups excluding carboxylic acids is 2. The summed E-state index contributed by atoms with van der Waals surface area (Å²) in [4.78, 5) is 29.6. The molecule has 2 aromatic rings. The van der Waals surface area contributed by atoms with Crippen molar-refractivity contribution in [1.29, 1.82) is 0 Å². The number of benzene rings is 1. The van der Waals surface area contributed by atoms with Crippen LogP contribution in [0.5, 0.6) is 5.75 Å². The number of ether oxygens (including phenoxy) is 1. The molecule has 5 nitrogen and oxygen atoms in total. The lowest BCUT2D eigenvalue weighted by Crippen LogP contribution is -2.29. The average Bonchev–Trinajstić information content (AvgIpc) is 2.72. The van der Waals surface area contributed by atoms with Crippen molar-refractivity contribution in [2.45, 2.75) is 0 Å². The molecule has 100 valence electrons. The van der Waals surface area contributed by atoms with Gasteiger partial charge in [-0.3, -0.25) is 14.6 Å². The first-order valence-electron chi connectivity index (χ1n) is 5.81. The minimum atomic E-state index is -0.449. The topological polar surface area (TPSA) is 59.5 Å². The van der Waals surface area contributed by atoms with E-state index in [1.807, 2.05) is 0 Å². The molecule has 0 spiro atoms. The van der Waals surface area contributed by atoms with E-state index in [1.165, 1.54) is 13.3 Å². The van der Waals surface area contributed by atoms with Crippen LogP contribution in [0.3, 0.4) is 0 Å². The van der Waals surface area contributed by atoms with Gasteiger partial charge < -0.3 is 4.74 Å². The van der Waals surface area contributed by atoms with Crippen molar-refractivity contribution in [2.75, 3.05) is 12.0 Å². The average molecular weight is 289 g/mol. The van der Waals surface area contributed by atoms with Crippen LogP contribution in [0, 0.1) is 0 Å². The Kier molecular flexibility index (Phi) is 2.91. The molecule has 0 radical (unpaired) electrons. The van der Waals surface area contributed by atoms with Crippen LogP contribution >= 0.6 is 11.6 Å². The zero-order chi connectivity index (χ0) is 14.3. The van der Waals surface area contributed by atoms with E-state index in [2.05, 4.69) is 4.98 Å². The molecule has 1 aliphatic heterocycles. The molecule has 6 heteroatoms. The minimum Gasteiger partial charge on any atom is -0.495 e. The van der Waals surface area contributed by atoms with Gasteiger partial charge in [0.1, 0.15) is 11.4 Å². The molecule has 0 fully saturated rings. The van der Waals surface area contributed by atoms with Crippen molar-refractivity contribution in [3.05, 3.63) is 52.8 Å². The molecule has 0 bridgehead atoms. The SMILES string of the molecule is COc1cc(N2C(=O)c3cccnc3C2=O)ccc1Cl. The van der Waals surface area contributed by atoms with Gasteiger partial charge in [-0.2, -0.15) is 0 Å². The monoisotopic (exact) mass is 288 g/mol. The third-order valence-corrected chi connectivity index (χ3v) is 3.35. The normalized spacial score (nSPS) is 13.6. The van der Waals surface area contributed by atoms with Crippen molar-refractivity contribution >= 4 is 29.1 Å². The van der Waals surface area contributed by atoms with E-state index in [-0.39, 0.29) is 5.69 Å². The maximum atomic E-state index is 12.3. The quantitative estimate of drug-likeness (QED) is 0.797. The lowest BCUT2D eigenvalue weighted by atomic mass is 10.2. The molecule has 0 aliphatic carbocycles. The summed E-state index contributed by atoms with van der Waals surface area (Å²) in [5.41, 5.74) is 0.858. The van der Waals surface area contributed by atoms with E-state index in [0.717, 1.165) is 4.90 Å². The molecule has 0 saturated carbocycles. The molecular formula is C14H9ClN2O3. The van der Waals surface area contributed by atoms with Crippen molar-refractivity contribution in [1.82, 2.24) is 4.98 Å². The van der Waals surface area contributed by atoms with E-state index in [0.29, 0.717) is 22.0 Å². The van der Waals surface area contributed by atoms with Crippen LogP contribution in [0.1, 0.15) is 20.8 Å². The zero-order valence-electron chi connectivity index (χ0n) is 10.5. The first kappa shape index (κ1) is 12.6. The fraction of sp³-hybridized carbons (Fsp3) is 0.0714. The van der Waals surface area contributed by atoms with Crippen LogP contribution in [0.4, 0.5) is 5.69 Å². The van der Waals surface area contributed by atoms with Crippen molar-refractivity contribution in [3.63, 3.8) is 0 Å². The Morgan fingerprint density at radius 2 is 2.00 bits per heavy atom. The van der Waals surface area contributed by atoms with Gasteiger partial charge in [0.25, 0.3) is 11.8 Å². The smallest absolute Gasteiger partial charge is 0.284 e. The summed E-state index contributed by atoms with van der Waals surface area (Å²) >= 11 is 5.94. The molecule has 0 atom stereocenters. The fourth-order valence-electron chi connectivity index (χ4n) is 2.09. The lowest BCUT2D eigenvalue weighted by Gasteiger charge is -2.15. The molecule has 3 rings (SSSR count). The van der Waals surface area contributed by atoms with Gasteiger partial charge in [0.2, 0.25) is 0 Å². The van der Waals surface area contributed by atoms with Crippen LogP contribution in [-0.4, -0.2) is 23.9 Å². The number of hydrogen-bond donors (Lipinski definition) is 0. The highest BCUT2D eigenvalue weighted by Gasteiger charge is 2.37. The number of halogens is 1. The molecular weight excluding hydrogens is 280 g/mol. The molecule has 0 saturated heterocycles. The number of methoxy groups -OCH3 is 1. The maximum Gasteiger partial charge on any atom is 0.284 e. The Hall–Kier alpha value is -2.40. The Bertz CT molecular complexity index is 695. The Labute approximate surface area is 119 Å². The van der Waals surface area contributed by atoms with Gasteiger partial charge in [0, 0.05) is 12.3 Å². The number of rotatable bonds is 2.